The first kappa shape index (κ1) is 11.7. The Morgan fingerprint density at radius 2 is 2.27 bits per heavy atom. The van der Waals surface area contributed by atoms with Gasteiger partial charge in [-0.1, -0.05) is 23.2 Å². The summed E-state index contributed by atoms with van der Waals surface area (Å²) in [7, 11) is 0. The van der Waals surface area contributed by atoms with Crippen molar-refractivity contribution in [2.24, 2.45) is 0 Å². The molecule has 0 saturated heterocycles. The molecule has 0 spiro atoms. The van der Waals surface area contributed by atoms with Gasteiger partial charge in [0.15, 0.2) is 17.2 Å². The van der Waals surface area contributed by atoms with Crippen molar-refractivity contribution < 1.29 is 14.7 Å². The van der Waals surface area contributed by atoms with Crippen molar-refractivity contribution in [1.82, 2.24) is 15.0 Å². The number of anilines is 1. The van der Waals surface area contributed by atoms with Gasteiger partial charge in [-0.25, -0.2) is 0 Å². The van der Waals surface area contributed by atoms with E-state index in [0.29, 0.717) is 0 Å². The molecule has 0 saturated carbocycles. The molecule has 0 bridgehead atoms. The number of halogens is 2. The molecular formula is C6H6Cl2N4O3. The van der Waals surface area contributed by atoms with Gasteiger partial charge in [-0.3, -0.25) is 9.59 Å². The second kappa shape index (κ2) is 4.94. The van der Waals surface area contributed by atoms with Crippen LogP contribution in [0.2, 0.25) is 0 Å². The van der Waals surface area contributed by atoms with Crippen molar-refractivity contribution in [3.05, 3.63) is 6.20 Å². The maximum absolute atomic E-state index is 11.0. The number of nitrogens with zero attached hydrogens (tertiary/aromatic N) is 3. The number of amides is 1. The summed E-state index contributed by atoms with van der Waals surface area (Å²) in [4.78, 5) is 21.0. The minimum atomic E-state index is -1.21. The normalized spacial score (nSPS) is 10.3. The maximum atomic E-state index is 11.0. The van der Waals surface area contributed by atoms with Gasteiger partial charge in [0, 0.05) is 0 Å². The Labute approximate surface area is 94.0 Å². The average molecular weight is 253 g/mol. The number of nitrogens with one attached hydrogen (secondary N) is 1. The van der Waals surface area contributed by atoms with Crippen LogP contribution in [0.3, 0.4) is 0 Å². The smallest absolute Gasteiger partial charge is 0.327 e. The molecule has 1 heterocycles. The van der Waals surface area contributed by atoms with Crippen LogP contribution >= 0.6 is 23.2 Å². The van der Waals surface area contributed by atoms with Gasteiger partial charge in [-0.15, -0.1) is 5.10 Å². The summed E-state index contributed by atoms with van der Waals surface area (Å²) in [6, 6.07) is 0. The number of hydrogen-bond donors (Lipinski definition) is 2. The third kappa shape index (κ3) is 3.72. The number of aliphatic carboxylic acids is 1. The molecule has 0 aliphatic rings. The number of carbonyl (C=O) groups is 2. The van der Waals surface area contributed by atoms with E-state index >= 15 is 0 Å². The summed E-state index contributed by atoms with van der Waals surface area (Å²) in [5.74, 6) is -1.65. The van der Waals surface area contributed by atoms with Crippen molar-refractivity contribution >= 4 is 40.9 Å². The Kier molecular flexibility index (Phi) is 3.87. The Hall–Kier alpha value is -1.34. The highest BCUT2D eigenvalue weighted by atomic mass is 35.5. The molecule has 82 valence electrons. The van der Waals surface area contributed by atoms with Gasteiger partial charge in [0.1, 0.15) is 0 Å². The van der Waals surface area contributed by atoms with Gasteiger partial charge < -0.3 is 10.4 Å². The minimum absolute atomic E-state index is 0.0903. The van der Waals surface area contributed by atoms with Gasteiger partial charge in [0.2, 0.25) is 0 Å². The summed E-state index contributed by atoms with van der Waals surface area (Å²) in [6.07, 6.45) is 1.19. The summed E-state index contributed by atoms with van der Waals surface area (Å²) < 4.78 is 0. The van der Waals surface area contributed by atoms with Gasteiger partial charge in [-0.05, 0) is 0 Å². The molecule has 15 heavy (non-hydrogen) atoms. The number of rotatable bonds is 4. The van der Waals surface area contributed by atoms with Crippen LogP contribution in [0.15, 0.2) is 6.20 Å². The van der Waals surface area contributed by atoms with Gasteiger partial charge >= 0.3 is 5.97 Å². The molecule has 0 atom stereocenters. The first-order chi connectivity index (χ1) is 6.99. The van der Waals surface area contributed by atoms with Gasteiger partial charge in [0.05, 0.1) is 6.20 Å². The standard InChI is InChI=1S/C6H6Cl2N4O3/c7-5(8)6(15)10-3-1-9-12(11-3)2-4(13)14/h1,5H,2H2,(H,13,14)(H,10,11,15). The predicted molar refractivity (Wildman–Crippen MR) is 51.8 cm³/mol. The molecule has 2 N–H and O–H groups in total. The topological polar surface area (TPSA) is 97.1 Å². The Balaban J connectivity index is 2.60. The van der Waals surface area contributed by atoms with Crippen molar-refractivity contribution in [3.63, 3.8) is 0 Å². The first-order valence-electron chi connectivity index (χ1n) is 3.70. The highest BCUT2D eigenvalue weighted by molar-refractivity contribution is 6.54. The van der Waals surface area contributed by atoms with E-state index in [2.05, 4.69) is 15.5 Å². The largest absolute Gasteiger partial charge is 0.480 e. The van der Waals surface area contributed by atoms with Crippen LogP contribution in [0.1, 0.15) is 0 Å². The van der Waals surface area contributed by atoms with Crippen molar-refractivity contribution in [2.45, 2.75) is 11.4 Å². The minimum Gasteiger partial charge on any atom is -0.480 e. The molecular weight excluding hydrogens is 247 g/mol. The molecule has 0 radical (unpaired) electrons. The van der Waals surface area contributed by atoms with Crippen LogP contribution in [0, 0.1) is 0 Å². The lowest BCUT2D eigenvalue weighted by Gasteiger charge is -1.99. The lowest BCUT2D eigenvalue weighted by atomic mass is 10.6. The summed E-state index contributed by atoms with van der Waals surface area (Å²) in [5.41, 5.74) is 0. The number of carbonyl (C=O) groups excluding carboxylic acids is 1. The first-order valence-corrected chi connectivity index (χ1v) is 4.57. The van der Waals surface area contributed by atoms with E-state index in [1.165, 1.54) is 6.20 Å². The van der Waals surface area contributed by atoms with Crippen molar-refractivity contribution in [2.75, 3.05) is 5.32 Å². The number of carboxylic acids is 1. The highest BCUT2D eigenvalue weighted by Crippen LogP contribution is 2.06. The van der Waals surface area contributed by atoms with E-state index in [0.717, 1.165) is 4.80 Å². The molecule has 1 amide bonds. The van der Waals surface area contributed by atoms with Crippen LogP contribution in [0.25, 0.3) is 0 Å². The molecule has 9 heteroatoms. The SMILES string of the molecule is O=C(O)Cn1ncc(NC(=O)C(Cl)Cl)n1. The van der Waals surface area contributed by atoms with Crippen LogP contribution in [-0.2, 0) is 16.1 Å². The third-order valence-electron chi connectivity index (χ3n) is 1.26. The fourth-order valence-corrected chi connectivity index (χ4v) is 0.842. The van der Waals surface area contributed by atoms with Crippen LogP contribution in [0.4, 0.5) is 5.82 Å². The molecule has 0 unspecified atom stereocenters. The lowest BCUT2D eigenvalue weighted by Crippen LogP contribution is -2.19. The van der Waals surface area contributed by atoms with Crippen molar-refractivity contribution in [3.8, 4) is 0 Å². The number of carboxylic acid groups (broad SMARTS) is 1. The van der Waals surface area contributed by atoms with Gasteiger partial charge in [0.25, 0.3) is 5.91 Å². The van der Waals surface area contributed by atoms with E-state index < -0.39 is 16.7 Å². The molecule has 0 aliphatic carbocycles. The fraction of sp³-hybridized carbons (Fsp3) is 0.333. The Morgan fingerprint density at radius 1 is 1.60 bits per heavy atom. The molecule has 0 aromatic carbocycles. The number of alkyl halides is 2. The Morgan fingerprint density at radius 3 is 2.80 bits per heavy atom. The molecule has 1 aromatic rings. The zero-order chi connectivity index (χ0) is 11.4. The van der Waals surface area contributed by atoms with Crippen molar-refractivity contribution in [1.29, 1.82) is 0 Å². The average Bonchev–Trinajstić information content (AvgIpc) is 2.51. The monoisotopic (exact) mass is 252 g/mol. The maximum Gasteiger partial charge on any atom is 0.327 e. The molecule has 1 rings (SSSR count). The van der Waals surface area contributed by atoms with Crippen LogP contribution < -0.4 is 5.32 Å². The van der Waals surface area contributed by atoms with Crippen LogP contribution in [0.5, 0.6) is 0 Å². The summed E-state index contributed by atoms with van der Waals surface area (Å²) in [5, 5.41) is 17.9. The molecule has 1 aromatic heterocycles. The predicted octanol–water partition coefficient (Wildman–Crippen LogP) is 0.105. The van der Waals surface area contributed by atoms with Crippen LogP contribution in [-0.4, -0.2) is 36.8 Å². The third-order valence-corrected chi connectivity index (χ3v) is 1.66. The molecule has 0 fully saturated rings. The van der Waals surface area contributed by atoms with E-state index in [1.54, 1.807) is 0 Å². The number of aromatic nitrogens is 3. The lowest BCUT2D eigenvalue weighted by molar-refractivity contribution is -0.138. The van der Waals surface area contributed by atoms with Gasteiger partial charge in [-0.2, -0.15) is 9.90 Å². The van der Waals surface area contributed by atoms with E-state index in [4.69, 9.17) is 28.3 Å². The number of hydrogen-bond acceptors (Lipinski definition) is 4. The second-order valence-corrected chi connectivity index (χ2v) is 3.54. The zero-order valence-corrected chi connectivity index (χ0v) is 8.73. The second-order valence-electron chi connectivity index (χ2n) is 2.44. The molecule has 7 nitrogen and oxygen atoms in total. The summed E-state index contributed by atoms with van der Waals surface area (Å²) in [6.45, 7) is -0.388. The van der Waals surface area contributed by atoms with E-state index in [1.807, 2.05) is 0 Å². The zero-order valence-electron chi connectivity index (χ0n) is 7.22. The van der Waals surface area contributed by atoms with E-state index in [9.17, 15) is 9.59 Å². The quantitative estimate of drug-likeness (QED) is 0.742. The summed E-state index contributed by atoms with van der Waals surface area (Å²) >= 11 is 10.5. The van der Waals surface area contributed by atoms with E-state index in [-0.39, 0.29) is 12.4 Å². The molecule has 0 aliphatic heterocycles. The fourth-order valence-electron chi connectivity index (χ4n) is 0.733. The Bertz CT molecular complexity index is 378. The highest BCUT2D eigenvalue weighted by Gasteiger charge is 2.13.